The van der Waals surface area contributed by atoms with Crippen LogP contribution in [0.4, 0.5) is 0 Å². The van der Waals surface area contributed by atoms with Gasteiger partial charge in [0, 0.05) is 18.2 Å². The van der Waals surface area contributed by atoms with E-state index in [1.807, 2.05) is 52.9 Å². The zero-order valence-electron chi connectivity index (χ0n) is 10.7. The standard InChI is InChI=1S/C13H20N2O/c1-10-7-6-8-11(14-10)9-15(5)12(16)13(2,3)4/h6-8H,9H2,1-5H3. The number of amides is 1. The van der Waals surface area contributed by atoms with Crippen LogP contribution in [0, 0.1) is 12.3 Å². The lowest BCUT2D eigenvalue weighted by Gasteiger charge is -2.25. The number of aromatic nitrogens is 1. The Morgan fingerprint density at radius 1 is 1.38 bits per heavy atom. The van der Waals surface area contributed by atoms with Crippen molar-refractivity contribution in [2.24, 2.45) is 5.41 Å². The van der Waals surface area contributed by atoms with E-state index < -0.39 is 0 Å². The fourth-order valence-corrected chi connectivity index (χ4v) is 1.57. The first-order valence-electron chi connectivity index (χ1n) is 5.49. The molecule has 0 fully saturated rings. The molecule has 16 heavy (non-hydrogen) atoms. The summed E-state index contributed by atoms with van der Waals surface area (Å²) in [5.41, 5.74) is 1.58. The molecule has 0 aliphatic rings. The Bertz CT molecular complexity index is 380. The normalized spacial score (nSPS) is 11.3. The third-order valence-corrected chi connectivity index (χ3v) is 2.33. The molecule has 0 aliphatic carbocycles. The summed E-state index contributed by atoms with van der Waals surface area (Å²) in [6.45, 7) is 8.30. The lowest BCUT2D eigenvalue weighted by atomic mass is 9.95. The SMILES string of the molecule is Cc1cccc(CN(C)C(=O)C(C)(C)C)n1. The van der Waals surface area contributed by atoms with E-state index in [9.17, 15) is 4.79 Å². The largest absolute Gasteiger partial charge is 0.339 e. The summed E-state index contributed by atoms with van der Waals surface area (Å²) < 4.78 is 0. The van der Waals surface area contributed by atoms with Crippen molar-refractivity contribution in [1.82, 2.24) is 9.88 Å². The quantitative estimate of drug-likeness (QED) is 0.766. The maximum Gasteiger partial charge on any atom is 0.228 e. The van der Waals surface area contributed by atoms with E-state index in [0.717, 1.165) is 11.4 Å². The van der Waals surface area contributed by atoms with Crippen LogP contribution in [0.5, 0.6) is 0 Å². The van der Waals surface area contributed by atoms with Gasteiger partial charge in [0.25, 0.3) is 0 Å². The van der Waals surface area contributed by atoms with Crippen molar-refractivity contribution in [3.05, 3.63) is 29.6 Å². The van der Waals surface area contributed by atoms with Gasteiger partial charge >= 0.3 is 0 Å². The van der Waals surface area contributed by atoms with Crippen LogP contribution < -0.4 is 0 Å². The number of aryl methyl sites for hydroxylation is 1. The third kappa shape index (κ3) is 3.33. The van der Waals surface area contributed by atoms with Gasteiger partial charge in [0.05, 0.1) is 12.2 Å². The van der Waals surface area contributed by atoms with Crippen LogP contribution >= 0.6 is 0 Å². The highest BCUT2D eigenvalue weighted by Crippen LogP contribution is 2.17. The van der Waals surface area contributed by atoms with Gasteiger partial charge in [0.15, 0.2) is 0 Å². The Labute approximate surface area is 97.5 Å². The van der Waals surface area contributed by atoms with E-state index in [0.29, 0.717) is 6.54 Å². The Morgan fingerprint density at radius 3 is 2.50 bits per heavy atom. The van der Waals surface area contributed by atoms with Gasteiger partial charge in [0.2, 0.25) is 5.91 Å². The Kier molecular flexibility index (Phi) is 3.68. The zero-order valence-corrected chi connectivity index (χ0v) is 10.7. The van der Waals surface area contributed by atoms with E-state index >= 15 is 0 Å². The summed E-state index contributed by atoms with van der Waals surface area (Å²) in [4.78, 5) is 18.1. The Balaban J connectivity index is 2.72. The average Bonchev–Trinajstić information content (AvgIpc) is 2.15. The summed E-state index contributed by atoms with van der Waals surface area (Å²) in [5, 5.41) is 0. The van der Waals surface area contributed by atoms with Crippen LogP contribution in [-0.4, -0.2) is 22.8 Å². The van der Waals surface area contributed by atoms with Crippen LogP contribution in [-0.2, 0) is 11.3 Å². The topological polar surface area (TPSA) is 33.2 Å². The van der Waals surface area contributed by atoms with Gasteiger partial charge in [-0.15, -0.1) is 0 Å². The van der Waals surface area contributed by atoms with E-state index in [1.165, 1.54) is 0 Å². The predicted octanol–water partition coefficient (Wildman–Crippen LogP) is 2.39. The van der Waals surface area contributed by atoms with E-state index in [1.54, 1.807) is 4.90 Å². The smallest absolute Gasteiger partial charge is 0.228 e. The summed E-state index contributed by atoms with van der Waals surface area (Å²) in [7, 11) is 1.82. The number of rotatable bonds is 2. The van der Waals surface area contributed by atoms with Gasteiger partial charge in [-0.25, -0.2) is 0 Å². The van der Waals surface area contributed by atoms with Crippen molar-refractivity contribution in [2.75, 3.05) is 7.05 Å². The number of pyridine rings is 1. The number of carbonyl (C=O) groups is 1. The first-order valence-corrected chi connectivity index (χ1v) is 5.49. The Morgan fingerprint density at radius 2 is 2.00 bits per heavy atom. The molecule has 3 nitrogen and oxygen atoms in total. The molecule has 0 aliphatic heterocycles. The average molecular weight is 220 g/mol. The Hall–Kier alpha value is -1.38. The van der Waals surface area contributed by atoms with Crippen molar-refractivity contribution in [1.29, 1.82) is 0 Å². The second kappa shape index (κ2) is 4.64. The monoisotopic (exact) mass is 220 g/mol. The molecule has 0 spiro atoms. The van der Waals surface area contributed by atoms with E-state index in [-0.39, 0.29) is 11.3 Å². The molecule has 0 unspecified atom stereocenters. The van der Waals surface area contributed by atoms with Crippen molar-refractivity contribution < 1.29 is 4.79 Å². The van der Waals surface area contributed by atoms with Crippen LogP contribution in [0.15, 0.2) is 18.2 Å². The molecule has 0 saturated carbocycles. The summed E-state index contributed by atoms with van der Waals surface area (Å²) in [6, 6.07) is 5.86. The number of hydrogen-bond donors (Lipinski definition) is 0. The first-order chi connectivity index (χ1) is 7.30. The van der Waals surface area contributed by atoms with Crippen molar-refractivity contribution in [3.63, 3.8) is 0 Å². The molecule has 0 saturated heterocycles. The molecule has 0 atom stereocenters. The summed E-state index contributed by atoms with van der Waals surface area (Å²) >= 11 is 0. The molecular weight excluding hydrogens is 200 g/mol. The second-order valence-electron chi connectivity index (χ2n) is 5.18. The first kappa shape index (κ1) is 12.7. The number of carbonyl (C=O) groups excluding carboxylic acids is 1. The van der Waals surface area contributed by atoms with Crippen LogP contribution in [0.2, 0.25) is 0 Å². The molecule has 88 valence electrons. The maximum absolute atomic E-state index is 12.0. The third-order valence-electron chi connectivity index (χ3n) is 2.33. The molecule has 0 N–H and O–H groups in total. The maximum atomic E-state index is 12.0. The minimum Gasteiger partial charge on any atom is -0.339 e. The molecule has 0 radical (unpaired) electrons. The second-order valence-corrected chi connectivity index (χ2v) is 5.18. The molecule has 0 bridgehead atoms. The fraction of sp³-hybridized carbons (Fsp3) is 0.538. The fourth-order valence-electron chi connectivity index (χ4n) is 1.57. The molecule has 1 rings (SSSR count). The highest BCUT2D eigenvalue weighted by atomic mass is 16.2. The minimum atomic E-state index is -0.335. The lowest BCUT2D eigenvalue weighted by Crippen LogP contribution is -2.36. The van der Waals surface area contributed by atoms with Gasteiger partial charge in [0.1, 0.15) is 0 Å². The molecule has 1 amide bonds. The van der Waals surface area contributed by atoms with Crippen molar-refractivity contribution >= 4 is 5.91 Å². The van der Waals surface area contributed by atoms with Gasteiger partial charge in [-0.3, -0.25) is 9.78 Å². The number of nitrogens with zero attached hydrogens (tertiary/aromatic N) is 2. The summed E-state index contributed by atoms with van der Waals surface area (Å²) in [5.74, 6) is 0.135. The van der Waals surface area contributed by atoms with Gasteiger partial charge < -0.3 is 4.90 Å². The van der Waals surface area contributed by atoms with Crippen LogP contribution in [0.1, 0.15) is 32.2 Å². The van der Waals surface area contributed by atoms with Crippen molar-refractivity contribution in [3.8, 4) is 0 Å². The van der Waals surface area contributed by atoms with E-state index in [4.69, 9.17) is 0 Å². The van der Waals surface area contributed by atoms with E-state index in [2.05, 4.69) is 4.98 Å². The van der Waals surface area contributed by atoms with Gasteiger partial charge in [-0.05, 0) is 19.1 Å². The highest BCUT2D eigenvalue weighted by molar-refractivity contribution is 5.81. The highest BCUT2D eigenvalue weighted by Gasteiger charge is 2.24. The van der Waals surface area contributed by atoms with Crippen LogP contribution in [0.25, 0.3) is 0 Å². The number of hydrogen-bond acceptors (Lipinski definition) is 2. The molecule has 3 heteroatoms. The molecule has 0 aromatic carbocycles. The van der Waals surface area contributed by atoms with Gasteiger partial charge in [-0.2, -0.15) is 0 Å². The molecule has 1 aromatic heterocycles. The zero-order chi connectivity index (χ0) is 12.3. The molecule has 1 heterocycles. The summed E-state index contributed by atoms with van der Waals surface area (Å²) in [6.07, 6.45) is 0. The molecule has 1 aromatic rings. The van der Waals surface area contributed by atoms with Gasteiger partial charge in [-0.1, -0.05) is 26.8 Å². The van der Waals surface area contributed by atoms with Crippen LogP contribution in [0.3, 0.4) is 0 Å². The predicted molar refractivity (Wildman–Crippen MR) is 64.9 cm³/mol. The lowest BCUT2D eigenvalue weighted by molar-refractivity contribution is -0.138. The van der Waals surface area contributed by atoms with Crippen molar-refractivity contribution in [2.45, 2.75) is 34.2 Å². The minimum absolute atomic E-state index is 0.135. The molecular formula is C13H20N2O.